The predicted octanol–water partition coefficient (Wildman–Crippen LogP) is 3.20. The summed E-state index contributed by atoms with van der Waals surface area (Å²) in [7, 11) is 0. The van der Waals surface area contributed by atoms with Crippen LogP contribution in [0.25, 0.3) is 0 Å². The van der Waals surface area contributed by atoms with Gasteiger partial charge in [0, 0.05) is 0 Å². The second-order valence-corrected chi connectivity index (χ2v) is 6.02. The van der Waals surface area contributed by atoms with E-state index in [-0.39, 0.29) is 6.61 Å². The van der Waals surface area contributed by atoms with Crippen LogP contribution in [-0.4, -0.2) is 23.7 Å². The number of benzene rings is 1. The molecule has 5 heteroatoms. The number of amides is 1. The molecule has 0 unspecified atom stereocenters. The summed E-state index contributed by atoms with van der Waals surface area (Å²) in [6.45, 7) is 10.7. The first kappa shape index (κ1) is 17.8. The van der Waals surface area contributed by atoms with Crippen molar-refractivity contribution < 1.29 is 19.1 Å². The third-order valence-corrected chi connectivity index (χ3v) is 2.61. The van der Waals surface area contributed by atoms with Gasteiger partial charge in [0.1, 0.15) is 12.2 Å². The minimum absolute atomic E-state index is 0.138. The zero-order valence-electron chi connectivity index (χ0n) is 13.5. The van der Waals surface area contributed by atoms with Crippen molar-refractivity contribution in [3.63, 3.8) is 0 Å². The van der Waals surface area contributed by atoms with Crippen LogP contribution >= 0.6 is 0 Å². The van der Waals surface area contributed by atoms with Gasteiger partial charge in [-0.2, -0.15) is 0 Å². The molecule has 0 fully saturated rings. The Balaban J connectivity index is 2.60. The van der Waals surface area contributed by atoms with Gasteiger partial charge < -0.3 is 14.8 Å². The van der Waals surface area contributed by atoms with Gasteiger partial charge in [-0.05, 0) is 38.8 Å². The van der Waals surface area contributed by atoms with Crippen LogP contribution in [0.1, 0.15) is 33.3 Å². The van der Waals surface area contributed by atoms with Gasteiger partial charge in [-0.3, -0.25) is 0 Å². The smallest absolute Gasteiger partial charge is 0.408 e. The molecule has 22 heavy (non-hydrogen) atoms. The summed E-state index contributed by atoms with van der Waals surface area (Å²) >= 11 is 0. The van der Waals surface area contributed by atoms with Gasteiger partial charge in [-0.15, -0.1) is 0 Å². The normalized spacial score (nSPS) is 12.2. The van der Waals surface area contributed by atoms with Crippen molar-refractivity contribution >= 4 is 12.1 Å². The van der Waals surface area contributed by atoms with Crippen molar-refractivity contribution in [1.82, 2.24) is 5.32 Å². The highest BCUT2D eigenvalue weighted by Crippen LogP contribution is 2.09. The van der Waals surface area contributed by atoms with E-state index in [1.807, 2.05) is 30.3 Å². The van der Waals surface area contributed by atoms with Crippen molar-refractivity contribution in [3.05, 3.63) is 48.0 Å². The van der Waals surface area contributed by atoms with Gasteiger partial charge in [-0.1, -0.05) is 36.9 Å². The maximum absolute atomic E-state index is 12.1. The molecule has 0 bridgehead atoms. The molecule has 0 heterocycles. The molecule has 1 atom stereocenters. The minimum atomic E-state index is -0.932. The molecule has 120 valence electrons. The van der Waals surface area contributed by atoms with Crippen LogP contribution in [0.4, 0.5) is 4.79 Å². The molecule has 1 N–H and O–H groups in total. The summed E-state index contributed by atoms with van der Waals surface area (Å²) in [6.07, 6.45) is -0.683. The topological polar surface area (TPSA) is 64.6 Å². The first-order valence-electron chi connectivity index (χ1n) is 7.04. The lowest BCUT2D eigenvalue weighted by Crippen LogP contribution is -2.44. The van der Waals surface area contributed by atoms with Gasteiger partial charge >= 0.3 is 12.1 Å². The number of hydrogen-bond acceptors (Lipinski definition) is 4. The van der Waals surface area contributed by atoms with Gasteiger partial charge in [-0.25, -0.2) is 9.59 Å². The lowest BCUT2D eigenvalue weighted by molar-refractivity contribution is -0.146. The van der Waals surface area contributed by atoms with E-state index in [0.29, 0.717) is 5.57 Å². The standard InChI is InChI=1S/C17H23NO4/c1-12(2)14(18-16(20)22-17(3,4)5)15(19)21-11-13-9-7-6-8-10-13/h6-10,14H,1,11H2,2-5H3,(H,18,20)/t14-/m0/s1. The third-order valence-electron chi connectivity index (χ3n) is 2.61. The SMILES string of the molecule is C=C(C)[C@H](NC(=O)OC(C)(C)C)C(=O)OCc1ccccc1. The van der Waals surface area contributed by atoms with Gasteiger partial charge in [0.05, 0.1) is 0 Å². The fourth-order valence-corrected chi connectivity index (χ4v) is 1.62. The van der Waals surface area contributed by atoms with E-state index in [1.165, 1.54) is 0 Å². The fourth-order valence-electron chi connectivity index (χ4n) is 1.62. The summed E-state index contributed by atoms with van der Waals surface area (Å²) in [6, 6.07) is 8.37. The van der Waals surface area contributed by atoms with E-state index in [0.717, 1.165) is 5.56 Å². The zero-order valence-corrected chi connectivity index (χ0v) is 13.5. The number of esters is 1. The molecule has 0 aromatic heterocycles. The minimum Gasteiger partial charge on any atom is -0.459 e. The van der Waals surface area contributed by atoms with Gasteiger partial charge in [0.2, 0.25) is 0 Å². The maximum Gasteiger partial charge on any atom is 0.408 e. The summed E-state index contributed by atoms with van der Waals surface area (Å²) < 4.78 is 10.3. The Bertz CT molecular complexity index is 531. The Hall–Kier alpha value is -2.30. The first-order valence-corrected chi connectivity index (χ1v) is 7.04. The average Bonchev–Trinajstić information content (AvgIpc) is 2.41. The third kappa shape index (κ3) is 6.43. The number of rotatable bonds is 5. The molecule has 0 aliphatic rings. The van der Waals surface area contributed by atoms with E-state index < -0.39 is 23.7 Å². The molecule has 0 aliphatic heterocycles. The fraction of sp³-hybridized carbons (Fsp3) is 0.412. The van der Waals surface area contributed by atoms with E-state index >= 15 is 0 Å². The Morgan fingerprint density at radius 1 is 1.23 bits per heavy atom. The number of ether oxygens (including phenoxy) is 2. The molecule has 1 aromatic carbocycles. The largest absolute Gasteiger partial charge is 0.459 e. The molecule has 1 aromatic rings. The molecule has 1 rings (SSSR count). The zero-order chi connectivity index (χ0) is 16.8. The number of hydrogen-bond donors (Lipinski definition) is 1. The van der Waals surface area contributed by atoms with Crippen LogP contribution in [0.2, 0.25) is 0 Å². The monoisotopic (exact) mass is 305 g/mol. The lowest BCUT2D eigenvalue weighted by atomic mass is 10.1. The molecular weight excluding hydrogens is 282 g/mol. The number of carbonyl (C=O) groups is 2. The van der Waals surface area contributed by atoms with Crippen LogP contribution < -0.4 is 5.32 Å². The number of nitrogens with one attached hydrogen (secondary N) is 1. The summed E-state index contributed by atoms with van der Waals surface area (Å²) in [5, 5.41) is 2.47. The van der Waals surface area contributed by atoms with E-state index in [4.69, 9.17) is 9.47 Å². The van der Waals surface area contributed by atoms with Gasteiger partial charge in [0.25, 0.3) is 0 Å². The molecule has 0 spiro atoms. The highest BCUT2D eigenvalue weighted by atomic mass is 16.6. The molecular formula is C17H23NO4. The van der Waals surface area contributed by atoms with Crippen molar-refractivity contribution in [1.29, 1.82) is 0 Å². The van der Waals surface area contributed by atoms with Crippen molar-refractivity contribution in [3.8, 4) is 0 Å². The summed E-state index contributed by atoms with van der Waals surface area (Å²) in [4.78, 5) is 23.9. The maximum atomic E-state index is 12.1. The van der Waals surface area contributed by atoms with Crippen LogP contribution in [0.15, 0.2) is 42.5 Å². The molecule has 1 amide bonds. The molecule has 0 aliphatic carbocycles. The Morgan fingerprint density at radius 3 is 2.32 bits per heavy atom. The quantitative estimate of drug-likeness (QED) is 0.670. The molecule has 0 saturated carbocycles. The molecule has 5 nitrogen and oxygen atoms in total. The number of carbonyl (C=O) groups excluding carboxylic acids is 2. The highest BCUT2D eigenvalue weighted by Gasteiger charge is 2.26. The second-order valence-electron chi connectivity index (χ2n) is 6.02. The van der Waals surface area contributed by atoms with Crippen molar-refractivity contribution in [2.24, 2.45) is 0 Å². The Labute approximate surface area is 131 Å². The first-order chi connectivity index (χ1) is 10.2. The van der Waals surface area contributed by atoms with Crippen LogP contribution in [-0.2, 0) is 20.9 Å². The van der Waals surface area contributed by atoms with E-state index in [9.17, 15) is 9.59 Å². The number of alkyl carbamates (subject to hydrolysis) is 1. The van der Waals surface area contributed by atoms with Crippen LogP contribution in [0.5, 0.6) is 0 Å². The lowest BCUT2D eigenvalue weighted by Gasteiger charge is -2.23. The van der Waals surface area contributed by atoms with Crippen LogP contribution in [0, 0.1) is 0 Å². The molecule has 0 saturated heterocycles. The molecule has 0 radical (unpaired) electrons. The second kappa shape index (κ2) is 7.64. The van der Waals surface area contributed by atoms with Crippen LogP contribution in [0.3, 0.4) is 0 Å². The van der Waals surface area contributed by atoms with E-state index in [2.05, 4.69) is 11.9 Å². The highest BCUT2D eigenvalue weighted by molar-refractivity contribution is 5.84. The Kier molecular flexibility index (Phi) is 6.16. The summed E-state index contributed by atoms with van der Waals surface area (Å²) in [5.74, 6) is -0.567. The van der Waals surface area contributed by atoms with Crippen molar-refractivity contribution in [2.75, 3.05) is 0 Å². The van der Waals surface area contributed by atoms with E-state index in [1.54, 1.807) is 27.7 Å². The average molecular weight is 305 g/mol. The van der Waals surface area contributed by atoms with Gasteiger partial charge in [0.15, 0.2) is 6.04 Å². The Morgan fingerprint density at radius 2 is 1.82 bits per heavy atom. The summed E-state index contributed by atoms with van der Waals surface area (Å²) in [5.41, 5.74) is 0.704. The predicted molar refractivity (Wildman–Crippen MR) is 84.2 cm³/mol. The van der Waals surface area contributed by atoms with Crippen molar-refractivity contribution in [2.45, 2.75) is 45.9 Å².